The molecule has 3 rings (SSSR count). The number of hydrogen-bond acceptors (Lipinski definition) is 9. The van der Waals surface area contributed by atoms with Crippen molar-refractivity contribution in [3.05, 3.63) is 102 Å². The van der Waals surface area contributed by atoms with Crippen LogP contribution >= 0.6 is 0 Å². The largest absolute Gasteiger partial charge is 0.486 e. The van der Waals surface area contributed by atoms with Crippen LogP contribution in [0.25, 0.3) is 0 Å². The van der Waals surface area contributed by atoms with Crippen molar-refractivity contribution in [2.75, 3.05) is 39.6 Å². The predicted octanol–water partition coefficient (Wildman–Crippen LogP) is 0.611. The van der Waals surface area contributed by atoms with E-state index < -0.39 is 55.4 Å². The van der Waals surface area contributed by atoms with Crippen molar-refractivity contribution >= 4 is 35.5 Å². The molecule has 0 saturated heterocycles. The molecule has 47 heavy (non-hydrogen) atoms. The van der Waals surface area contributed by atoms with E-state index in [1.54, 1.807) is 78.9 Å². The molecule has 0 bridgehead atoms. The summed E-state index contributed by atoms with van der Waals surface area (Å²) >= 11 is 0. The van der Waals surface area contributed by atoms with Gasteiger partial charge in [-0.25, -0.2) is 4.79 Å². The molecule has 5 N–H and O–H groups in total. The number of Topliss-reactive ketones (excluding diaryl/α,β-unsaturated/α-hetero) is 1. The highest BCUT2D eigenvalue weighted by molar-refractivity contribution is 5.92. The maximum atomic E-state index is 12.9. The molecule has 0 fully saturated rings. The average Bonchev–Trinajstić information content (AvgIpc) is 3.09. The number of benzene rings is 3. The summed E-state index contributed by atoms with van der Waals surface area (Å²) in [6, 6.07) is 25.6. The molecule has 5 amide bonds. The summed E-state index contributed by atoms with van der Waals surface area (Å²) in [6.07, 6.45) is -0.690. The zero-order chi connectivity index (χ0) is 33.7. The molecule has 3 aromatic carbocycles. The molecule has 0 aromatic heterocycles. The van der Waals surface area contributed by atoms with Crippen molar-refractivity contribution in [3.63, 3.8) is 0 Å². The van der Waals surface area contributed by atoms with E-state index in [1.165, 1.54) is 0 Å². The lowest BCUT2D eigenvalue weighted by Crippen LogP contribution is -2.52. The van der Waals surface area contributed by atoms with Crippen molar-refractivity contribution < 1.29 is 43.0 Å². The highest BCUT2D eigenvalue weighted by Gasteiger charge is 2.22. The first-order chi connectivity index (χ1) is 22.8. The third-order valence-electron chi connectivity index (χ3n) is 6.19. The molecular formula is C33H37N5O9. The van der Waals surface area contributed by atoms with Gasteiger partial charge in [0, 0.05) is 6.42 Å². The third-order valence-corrected chi connectivity index (χ3v) is 6.19. The molecule has 0 aliphatic rings. The van der Waals surface area contributed by atoms with Crippen LogP contribution in [0.2, 0.25) is 0 Å². The lowest BCUT2D eigenvalue weighted by atomic mass is 10.1. The fraction of sp³-hybridized carbons (Fsp3) is 0.273. The van der Waals surface area contributed by atoms with Gasteiger partial charge in [0.25, 0.3) is 0 Å². The molecule has 14 heteroatoms. The zero-order valence-electron chi connectivity index (χ0n) is 25.6. The molecular weight excluding hydrogens is 610 g/mol. The summed E-state index contributed by atoms with van der Waals surface area (Å²) in [4.78, 5) is 73.6. The summed E-state index contributed by atoms with van der Waals surface area (Å²) in [5, 5.41) is 12.1. The van der Waals surface area contributed by atoms with Crippen LogP contribution in [0, 0.1) is 0 Å². The Morgan fingerprint density at radius 2 is 1.17 bits per heavy atom. The van der Waals surface area contributed by atoms with E-state index >= 15 is 0 Å². The quantitative estimate of drug-likeness (QED) is 0.0917. The number of amides is 5. The summed E-state index contributed by atoms with van der Waals surface area (Å²) in [5.41, 5.74) is 1.52. The molecule has 0 saturated carbocycles. The first-order valence-corrected chi connectivity index (χ1v) is 14.6. The van der Waals surface area contributed by atoms with Crippen LogP contribution in [0.1, 0.15) is 11.1 Å². The number of ether oxygens (including phenoxy) is 3. The fourth-order valence-corrected chi connectivity index (χ4v) is 3.84. The molecule has 1 atom stereocenters. The Morgan fingerprint density at radius 1 is 0.596 bits per heavy atom. The smallest absolute Gasteiger partial charge is 0.407 e. The van der Waals surface area contributed by atoms with Gasteiger partial charge >= 0.3 is 6.09 Å². The van der Waals surface area contributed by atoms with Gasteiger partial charge in [0.05, 0.1) is 13.1 Å². The molecule has 0 aliphatic heterocycles. The summed E-state index contributed by atoms with van der Waals surface area (Å²) in [7, 11) is 0. The van der Waals surface area contributed by atoms with Crippen molar-refractivity contribution in [2.24, 2.45) is 0 Å². The second-order valence-corrected chi connectivity index (χ2v) is 9.95. The Hall–Kier alpha value is -5.76. The molecule has 0 heterocycles. The van der Waals surface area contributed by atoms with Crippen molar-refractivity contribution in [1.82, 2.24) is 26.6 Å². The van der Waals surface area contributed by atoms with Crippen LogP contribution in [-0.2, 0) is 46.5 Å². The summed E-state index contributed by atoms with van der Waals surface area (Å²) in [6.45, 7) is -2.02. The van der Waals surface area contributed by atoms with Gasteiger partial charge in [-0.1, -0.05) is 78.9 Å². The molecule has 0 unspecified atom stereocenters. The van der Waals surface area contributed by atoms with Gasteiger partial charge in [-0.2, -0.15) is 0 Å². The normalized spacial score (nSPS) is 10.9. The third kappa shape index (κ3) is 15.2. The monoisotopic (exact) mass is 647 g/mol. The van der Waals surface area contributed by atoms with Gasteiger partial charge in [0.1, 0.15) is 44.9 Å². The summed E-state index contributed by atoms with van der Waals surface area (Å²) < 4.78 is 15.5. The van der Waals surface area contributed by atoms with Crippen LogP contribution in [-0.4, -0.2) is 81.1 Å². The number of hydrogen-bond donors (Lipinski definition) is 5. The van der Waals surface area contributed by atoms with Crippen LogP contribution in [0.15, 0.2) is 91.0 Å². The SMILES string of the molecule is O=C(COCNC(=O)CNC(=O)[C@H](Cc1ccccc1)NC(=O)CNC(=O)CNC(=O)OCc1ccccc1)COc1ccccc1. The number of ketones is 1. The van der Waals surface area contributed by atoms with Gasteiger partial charge in [-0.15, -0.1) is 0 Å². The Balaban J connectivity index is 1.35. The average molecular weight is 648 g/mol. The number of nitrogens with one attached hydrogen (secondary N) is 5. The topological polar surface area (TPSA) is 190 Å². The van der Waals surface area contributed by atoms with Gasteiger partial charge in [0.15, 0.2) is 5.78 Å². The Kier molecular flexibility index (Phi) is 15.4. The second-order valence-electron chi connectivity index (χ2n) is 9.95. The maximum absolute atomic E-state index is 12.9. The number of carbonyl (C=O) groups excluding carboxylic acids is 6. The first-order valence-electron chi connectivity index (χ1n) is 14.6. The Morgan fingerprint density at radius 3 is 1.85 bits per heavy atom. The fourth-order valence-electron chi connectivity index (χ4n) is 3.84. The maximum Gasteiger partial charge on any atom is 0.407 e. The van der Waals surface area contributed by atoms with E-state index in [2.05, 4.69) is 26.6 Å². The highest BCUT2D eigenvalue weighted by Crippen LogP contribution is 2.08. The number of alkyl carbamates (subject to hydrolysis) is 1. The van der Waals surface area contributed by atoms with E-state index in [0.29, 0.717) is 5.75 Å². The molecule has 0 radical (unpaired) electrons. The van der Waals surface area contributed by atoms with Crippen molar-refractivity contribution in [2.45, 2.75) is 19.1 Å². The molecule has 0 spiro atoms. The van der Waals surface area contributed by atoms with E-state index in [9.17, 15) is 28.8 Å². The van der Waals surface area contributed by atoms with Gasteiger partial charge in [-0.3, -0.25) is 24.0 Å². The zero-order valence-corrected chi connectivity index (χ0v) is 25.6. The van der Waals surface area contributed by atoms with E-state index in [4.69, 9.17) is 14.2 Å². The second kappa shape index (κ2) is 20.3. The minimum absolute atomic E-state index is 0.0312. The number of rotatable bonds is 19. The predicted molar refractivity (Wildman–Crippen MR) is 169 cm³/mol. The Bertz CT molecular complexity index is 1460. The molecule has 3 aromatic rings. The van der Waals surface area contributed by atoms with Gasteiger partial charge in [0.2, 0.25) is 23.6 Å². The Labute approximate surface area is 271 Å². The minimum Gasteiger partial charge on any atom is -0.486 e. The lowest BCUT2D eigenvalue weighted by molar-refractivity contribution is -0.131. The van der Waals surface area contributed by atoms with Crippen LogP contribution < -0.4 is 31.3 Å². The number of para-hydroxylation sites is 1. The van der Waals surface area contributed by atoms with Crippen LogP contribution in [0.3, 0.4) is 0 Å². The van der Waals surface area contributed by atoms with Crippen LogP contribution in [0.4, 0.5) is 4.79 Å². The van der Waals surface area contributed by atoms with Gasteiger partial charge in [-0.05, 0) is 23.3 Å². The standard InChI is InChI=1S/C33H37N5O9/c39-26(22-46-27-14-8-3-9-15-27)21-45-23-37-30(41)17-35-32(43)28(16-24-10-4-1-5-11-24)38-31(42)19-34-29(40)18-36-33(44)47-20-25-12-6-2-7-13-25/h1-15,28H,16-23H2,(H,34,40)(H,35,43)(H,36,44)(H,37,41)(H,38,42)/t28-/m0/s1. The van der Waals surface area contributed by atoms with E-state index in [1.807, 2.05) is 12.1 Å². The van der Waals surface area contributed by atoms with Crippen molar-refractivity contribution in [3.8, 4) is 5.75 Å². The first kappa shape index (κ1) is 35.7. The molecule has 14 nitrogen and oxygen atoms in total. The summed E-state index contributed by atoms with van der Waals surface area (Å²) in [5.74, 6) is -2.32. The number of carbonyl (C=O) groups is 6. The molecule has 0 aliphatic carbocycles. The van der Waals surface area contributed by atoms with E-state index in [0.717, 1.165) is 11.1 Å². The lowest BCUT2D eigenvalue weighted by Gasteiger charge is -2.19. The highest BCUT2D eigenvalue weighted by atomic mass is 16.5. The van der Waals surface area contributed by atoms with Gasteiger partial charge < -0.3 is 40.8 Å². The minimum atomic E-state index is -1.07. The van der Waals surface area contributed by atoms with Crippen molar-refractivity contribution in [1.29, 1.82) is 0 Å². The molecule has 248 valence electrons. The van der Waals surface area contributed by atoms with Crippen LogP contribution in [0.5, 0.6) is 5.75 Å². The van der Waals surface area contributed by atoms with E-state index in [-0.39, 0.29) is 38.8 Å².